The van der Waals surface area contributed by atoms with E-state index in [1.807, 2.05) is 0 Å². The number of hydrazone groups is 1. The van der Waals surface area contributed by atoms with Crippen LogP contribution in [0.15, 0.2) is 41.5 Å². The van der Waals surface area contributed by atoms with E-state index in [-0.39, 0.29) is 5.82 Å². The lowest BCUT2D eigenvalue weighted by Gasteiger charge is -2.02. The van der Waals surface area contributed by atoms with Gasteiger partial charge in [0.25, 0.3) is 0 Å². The second-order valence-corrected chi connectivity index (χ2v) is 5.53. The fourth-order valence-corrected chi connectivity index (χ4v) is 2.37. The van der Waals surface area contributed by atoms with Crippen molar-refractivity contribution in [3.63, 3.8) is 0 Å². The molecular formula is C15H11Cl2FN6. The number of nitrogens with zero attached hydrogens (tertiary/aromatic N) is 5. The predicted octanol–water partition coefficient (Wildman–Crippen LogP) is 3.86. The molecule has 0 spiro atoms. The Kier molecular flexibility index (Phi) is 4.73. The van der Waals surface area contributed by atoms with Crippen LogP contribution in [0.25, 0.3) is 5.69 Å². The fraction of sp³-hybridized carbons (Fsp3) is 0.0667. The van der Waals surface area contributed by atoms with Gasteiger partial charge in [0.15, 0.2) is 11.0 Å². The van der Waals surface area contributed by atoms with E-state index in [0.29, 0.717) is 33.1 Å². The largest absolute Gasteiger partial charge is 0.260 e. The van der Waals surface area contributed by atoms with Crippen LogP contribution < -0.4 is 5.43 Å². The number of nitrogens with one attached hydrogen (secondary N) is 1. The number of aromatic nitrogens is 4. The summed E-state index contributed by atoms with van der Waals surface area (Å²) in [5.74, 6) is 0.115. The highest BCUT2D eigenvalue weighted by molar-refractivity contribution is 6.32. The van der Waals surface area contributed by atoms with E-state index in [1.54, 1.807) is 31.2 Å². The van der Waals surface area contributed by atoms with Crippen LogP contribution in [-0.2, 0) is 0 Å². The third kappa shape index (κ3) is 3.52. The first-order chi connectivity index (χ1) is 11.5. The monoisotopic (exact) mass is 364 g/mol. The number of benzene rings is 1. The first kappa shape index (κ1) is 16.4. The highest BCUT2D eigenvalue weighted by Gasteiger charge is 2.13. The zero-order chi connectivity index (χ0) is 17.1. The van der Waals surface area contributed by atoms with Crippen LogP contribution >= 0.6 is 23.2 Å². The van der Waals surface area contributed by atoms with E-state index in [0.717, 1.165) is 0 Å². The third-order valence-electron chi connectivity index (χ3n) is 3.12. The van der Waals surface area contributed by atoms with Gasteiger partial charge < -0.3 is 0 Å². The van der Waals surface area contributed by atoms with Gasteiger partial charge in [-0.05, 0) is 43.3 Å². The minimum atomic E-state index is -0.325. The van der Waals surface area contributed by atoms with Crippen LogP contribution in [0.4, 0.5) is 10.2 Å². The molecule has 0 atom stereocenters. The van der Waals surface area contributed by atoms with Gasteiger partial charge in [-0.3, -0.25) is 5.43 Å². The van der Waals surface area contributed by atoms with Gasteiger partial charge in [-0.1, -0.05) is 23.2 Å². The van der Waals surface area contributed by atoms with E-state index in [9.17, 15) is 4.39 Å². The van der Waals surface area contributed by atoms with Crippen molar-refractivity contribution in [2.75, 3.05) is 5.43 Å². The highest BCUT2D eigenvalue weighted by atomic mass is 35.5. The quantitative estimate of drug-likeness (QED) is 0.563. The van der Waals surface area contributed by atoms with Crippen LogP contribution in [0.3, 0.4) is 0 Å². The Labute approximate surface area is 146 Å². The second kappa shape index (κ2) is 6.94. The molecule has 9 heteroatoms. The zero-order valence-corrected chi connectivity index (χ0v) is 13.9. The molecule has 0 saturated carbocycles. The Morgan fingerprint density at radius 1 is 1.12 bits per heavy atom. The van der Waals surface area contributed by atoms with Crippen molar-refractivity contribution in [1.82, 2.24) is 20.0 Å². The lowest BCUT2D eigenvalue weighted by atomic mass is 10.3. The molecule has 1 aromatic carbocycles. The third-order valence-corrected chi connectivity index (χ3v) is 3.69. The van der Waals surface area contributed by atoms with E-state index in [1.165, 1.54) is 23.0 Å². The first-order valence-corrected chi connectivity index (χ1v) is 7.59. The number of hydrogen-bond acceptors (Lipinski definition) is 5. The molecule has 1 N–H and O–H groups in total. The maximum Gasteiger partial charge on any atom is 0.168 e. The molecular weight excluding hydrogens is 354 g/mol. The lowest BCUT2D eigenvalue weighted by molar-refractivity contribution is 0.627. The van der Waals surface area contributed by atoms with E-state index >= 15 is 0 Å². The summed E-state index contributed by atoms with van der Waals surface area (Å²) >= 11 is 12.0. The minimum Gasteiger partial charge on any atom is -0.260 e. The summed E-state index contributed by atoms with van der Waals surface area (Å²) < 4.78 is 14.5. The Bertz CT molecular complexity index is 874. The molecule has 2 aromatic heterocycles. The average molecular weight is 365 g/mol. The van der Waals surface area contributed by atoms with Crippen molar-refractivity contribution in [3.8, 4) is 5.69 Å². The summed E-state index contributed by atoms with van der Waals surface area (Å²) in [7, 11) is 0. The van der Waals surface area contributed by atoms with Gasteiger partial charge in [-0.25, -0.2) is 9.07 Å². The van der Waals surface area contributed by atoms with E-state index < -0.39 is 0 Å². The molecule has 122 valence electrons. The molecule has 0 aliphatic carbocycles. The molecule has 3 aromatic rings. The van der Waals surface area contributed by atoms with Gasteiger partial charge in [-0.15, -0.1) is 10.2 Å². The van der Waals surface area contributed by atoms with E-state index in [4.69, 9.17) is 23.2 Å². The lowest BCUT2D eigenvalue weighted by Crippen LogP contribution is -1.97. The van der Waals surface area contributed by atoms with E-state index in [2.05, 4.69) is 25.8 Å². The maximum absolute atomic E-state index is 13.0. The molecule has 0 radical (unpaired) electrons. The molecule has 24 heavy (non-hydrogen) atoms. The van der Waals surface area contributed by atoms with Gasteiger partial charge in [0, 0.05) is 0 Å². The number of hydrogen-bond donors (Lipinski definition) is 1. The van der Waals surface area contributed by atoms with Crippen LogP contribution in [0.5, 0.6) is 0 Å². The topological polar surface area (TPSA) is 68.0 Å². The van der Waals surface area contributed by atoms with Crippen molar-refractivity contribution in [2.24, 2.45) is 5.10 Å². The number of anilines is 1. The standard InChI is InChI=1S/C15H11Cl2FN6/c1-9-12(8-19-21-14-7-6-13(16)20-22-14)15(17)24(23-9)11-4-2-10(18)3-5-11/h2-8H,1H3,(H,21,22)/b19-8+. The SMILES string of the molecule is Cc1nn(-c2ccc(F)cc2)c(Cl)c1/C=N/Nc1ccc(Cl)nn1. The van der Waals surface area contributed by atoms with Crippen molar-refractivity contribution in [2.45, 2.75) is 6.92 Å². The Morgan fingerprint density at radius 2 is 1.88 bits per heavy atom. The molecule has 2 heterocycles. The Hall–Kier alpha value is -2.51. The molecule has 0 aliphatic heterocycles. The normalized spacial score (nSPS) is 11.2. The molecule has 3 rings (SSSR count). The molecule has 0 saturated heterocycles. The fourth-order valence-electron chi connectivity index (χ4n) is 1.95. The summed E-state index contributed by atoms with van der Waals surface area (Å²) in [6.07, 6.45) is 1.53. The number of halogens is 3. The molecule has 6 nitrogen and oxygen atoms in total. The predicted molar refractivity (Wildman–Crippen MR) is 91.5 cm³/mol. The Morgan fingerprint density at radius 3 is 2.54 bits per heavy atom. The molecule has 0 bridgehead atoms. The molecule has 0 unspecified atom stereocenters. The molecule has 0 amide bonds. The number of rotatable bonds is 4. The summed E-state index contributed by atoms with van der Waals surface area (Å²) in [6.45, 7) is 1.80. The minimum absolute atomic E-state index is 0.295. The van der Waals surface area contributed by atoms with Crippen molar-refractivity contribution >= 4 is 35.2 Å². The highest BCUT2D eigenvalue weighted by Crippen LogP contribution is 2.22. The average Bonchev–Trinajstić information content (AvgIpc) is 2.85. The van der Waals surface area contributed by atoms with Crippen LogP contribution in [0, 0.1) is 12.7 Å². The maximum atomic E-state index is 13.0. The smallest absolute Gasteiger partial charge is 0.168 e. The van der Waals surface area contributed by atoms with Crippen LogP contribution in [0.2, 0.25) is 10.3 Å². The van der Waals surface area contributed by atoms with Crippen LogP contribution in [0.1, 0.15) is 11.3 Å². The Balaban J connectivity index is 1.82. The second-order valence-electron chi connectivity index (χ2n) is 4.79. The van der Waals surface area contributed by atoms with Crippen molar-refractivity contribution in [1.29, 1.82) is 0 Å². The zero-order valence-electron chi connectivity index (χ0n) is 12.4. The van der Waals surface area contributed by atoms with Gasteiger partial charge in [0.2, 0.25) is 0 Å². The molecule has 0 aliphatic rings. The van der Waals surface area contributed by atoms with Crippen molar-refractivity contribution < 1.29 is 4.39 Å². The number of aryl methyl sites for hydroxylation is 1. The summed E-state index contributed by atoms with van der Waals surface area (Å²) in [5, 5.41) is 16.6. The van der Waals surface area contributed by atoms with Gasteiger partial charge >= 0.3 is 0 Å². The summed E-state index contributed by atoms with van der Waals surface area (Å²) in [5.41, 5.74) is 4.69. The molecule has 0 fully saturated rings. The van der Waals surface area contributed by atoms with Crippen molar-refractivity contribution in [3.05, 3.63) is 63.8 Å². The van der Waals surface area contributed by atoms with Gasteiger partial charge in [0.05, 0.1) is 23.2 Å². The summed E-state index contributed by atoms with van der Waals surface area (Å²) in [4.78, 5) is 0. The first-order valence-electron chi connectivity index (χ1n) is 6.84. The summed E-state index contributed by atoms with van der Waals surface area (Å²) in [6, 6.07) is 9.11. The van der Waals surface area contributed by atoms with Gasteiger partial charge in [-0.2, -0.15) is 10.2 Å². The van der Waals surface area contributed by atoms with Crippen LogP contribution in [-0.4, -0.2) is 26.2 Å². The van der Waals surface area contributed by atoms with Gasteiger partial charge in [0.1, 0.15) is 11.0 Å².